The van der Waals surface area contributed by atoms with Crippen molar-refractivity contribution in [1.82, 2.24) is 14.9 Å². The lowest BCUT2D eigenvalue weighted by Gasteiger charge is -2.31. The second-order valence-corrected chi connectivity index (χ2v) is 4.22. The molecule has 1 fully saturated rings. The minimum Gasteiger partial charge on any atom is -0.365 e. The monoisotopic (exact) mass is 231 g/mol. The van der Waals surface area contributed by atoms with E-state index in [-0.39, 0.29) is 0 Å². The van der Waals surface area contributed by atoms with Gasteiger partial charge in [-0.05, 0) is 19.4 Å². The van der Waals surface area contributed by atoms with Crippen LogP contribution < -0.4 is 5.32 Å². The van der Waals surface area contributed by atoms with E-state index < -0.39 is 0 Å². The molecule has 0 radical (unpaired) electrons. The first-order valence-corrected chi connectivity index (χ1v) is 6.03. The van der Waals surface area contributed by atoms with Gasteiger partial charge in [-0.3, -0.25) is 0 Å². The van der Waals surface area contributed by atoms with Crippen molar-refractivity contribution >= 4 is 5.82 Å². The van der Waals surface area contributed by atoms with Gasteiger partial charge in [-0.1, -0.05) is 6.92 Å². The second-order valence-electron chi connectivity index (χ2n) is 4.22. The van der Waals surface area contributed by atoms with Crippen LogP contribution in [0.5, 0.6) is 0 Å². The SMILES string of the molecule is CCN1CCC(Nc2nccnc2C#N)CC1. The highest BCUT2D eigenvalue weighted by Crippen LogP contribution is 2.16. The van der Waals surface area contributed by atoms with E-state index in [1.54, 1.807) is 12.4 Å². The Morgan fingerprint density at radius 1 is 1.41 bits per heavy atom. The van der Waals surface area contributed by atoms with E-state index in [0.717, 1.165) is 32.5 Å². The van der Waals surface area contributed by atoms with Crippen molar-refractivity contribution < 1.29 is 0 Å². The average Bonchev–Trinajstić information content (AvgIpc) is 2.40. The third-order valence-corrected chi connectivity index (χ3v) is 3.18. The Labute approximate surface area is 101 Å². The summed E-state index contributed by atoms with van der Waals surface area (Å²) in [7, 11) is 0. The Kier molecular flexibility index (Phi) is 3.89. The Balaban J connectivity index is 1.96. The van der Waals surface area contributed by atoms with Crippen molar-refractivity contribution in [3.63, 3.8) is 0 Å². The number of aromatic nitrogens is 2. The van der Waals surface area contributed by atoms with Gasteiger partial charge in [0.1, 0.15) is 6.07 Å². The van der Waals surface area contributed by atoms with Crippen LogP contribution in [0, 0.1) is 11.3 Å². The number of hydrogen-bond acceptors (Lipinski definition) is 5. The van der Waals surface area contributed by atoms with Gasteiger partial charge < -0.3 is 10.2 Å². The van der Waals surface area contributed by atoms with Crippen molar-refractivity contribution in [2.45, 2.75) is 25.8 Å². The molecule has 17 heavy (non-hydrogen) atoms. The van der Waals surface area contributed by atoms with E-state index in [2.05, 4.69) is 33.2 Å². The summed E-state index contributed by atoms with van der Waals surface area (Å²) in [5.74, 6) is 0.616. The summed E-state index contributed by atoms with van der Waals surface area (Å²) >= 11 is 0. The summed E-state index contributed by atoms with van der Waals surface area (Å²) in [4.78, 5) is 10.6. The maximum atomic E-state index is 8.93. The number of nitrogens with zero attached hydrogens (tertiary/aromatic N) is 4. The molecule has 2 rings (SSSR count). The van der Waals surface area contributed by atoms with E-state index in [9.17, 15) is 0 Å². The first-order valence-electron chi connectivity index (χ1n) is 6.03. The zero-order valence-electron chi connectivity index (χ0n) is 10.1. The number of nitrogens with one attached hydrogen (secondary N) is 1. The van der Waals surface area contributed by atoms with Crippen LogP contribution in [0.2, 0.25) is 0 Å². The summed E-state index contributed by atoms with van der Waals surface area (Å²) in [5, 5.41) is 12.2. The van der Waals surface area contributed by atoms with E-state index in [4.69, 9.17) is 5.26 Å². The molecule has 2 heterocycles. The third-order valence-electron chi connectivity index (χ3n) is 3.18. The van der Waals surface area contributed by atoms with Crippen molar-refractivity contribution in [1.29, 1.82) is 5.26 Å². The predicted molar refractivity (Wildman–Crippen MR) is 65.5 cm³/mol. The van der Waals surface area contributed by atoms with Crippen LogP contribution in [0.3, 0.4) is 0 Å². The van der Waals surface area contributed by atoms with Crippen molar-refractivity contribution in [3.8, 4) is 6.07 Å². The third kappa shape index (κ3) is 2.92. The standard InChI is InChI=1S/C12H17N5/c1-2-17-7-3-10(4-8-17)16-12-11(9-13)14-5-6-15-12/h5-6,10H,2-4,7-8H2,1H3,(H,15,16). The maximum absolute atomic E-state index is 8.93. The van der Waals surface area contributed by atoms with E-state index in [0.29, 0.717) is 17.6 Å². The number of piperidine rings is 1. The van der Waals surface area contributed by atoms with E-state index in [1.165, 1.54) is 0 Å². The lowest BCUT2D eigenvalue weighted by Crippen LogP contribution is -2.39. The molecule has 0 amide bonds. The van der Waals surface area contributed by atoms with Gasteiger partial charge in [0, 0.05) is 31.5 Å². The zero-order valence-corrected chi connectivity index (χ0v) is 10.1. The Morgan fingerprint density at radius 2 is 2.12 bits per heavy atom. The van der Waals surface area contributed by atoms with Crippen LogP contribution in [0.4, 0.5) is 5.82 Å². The molecule has 90 valence electrons. The number of hydrogen-bond donors (Lipinski definition) is 1. The van der Waals surface area contributed by atoms with Gasteiger partial charge in [-0.15, -0.1) is 0 Å². The smallest absolute Gasteiger partial charge is 0.182 e. The number of likely N-dealkylation sites (tertiary alicyclic amines) is 1. The van der Waals surface area contributed by atoms with Gasteiger partial charge in [0.25, 0.3) is 0 Å². The minimum absolute atomic E-state index is 0.380. The van der Waals surface area contributed by atoms with Crippen LogP contribution in [-0.4, -0.2) is 40.5 Å². The molecule has 0 spiro atoms. The molecule has 1 aromatic heterocycles. The molecule has 1 saturated heterocycles. The Morgan fingerprint density at radius 3 is 2.76 bits per heavy atom. The summed E-state index contributed by atoms with van der Waals surface area (Å²) in [6.45, 7) is 5.51. The molecule has 1 N–H and O–H groups in total. The number of nitriles is 1. The second kappa shape index (κ2) is 5.60. The fourth-order valence-electron chi connectivity index (χ4n) is 2.11. The first kappa shape index (κ1) is 11.8. The lowest BCUT2D eigenvalue weighted by atomic mass is 10.1. The van der Waals surface area contributed by atoms with Crippen molar-refractivity contribution in [2.75, 3.05) is 25.0 Å². The Hall–Kier alpha value is -1.67. The van der Waals surface area contributed by atoms with Crippen LogP contribution in [-0.2, 0) is 0 Å². The van der Waals surface area contributed by atoms with Gasteiger partial charge >= 0.3 is 0 Å². The summed E-state index contributed by atoms with van der Waals surface area (Å²) in [6.07, 6.45) is 5.35. The highest BCUT2D eigenvalue weighted by Gasteiger charge is 2.19. The lowest BCUT2D eigenvalue weighted by molar-refractivity contribution is 0.229. The highest BCUT2D eigenvalue weighted by atomic mass is 15.1. The van der Waals surface area contributed by atoms with Gasteiger partial charge in [-0.25, -0.2) is 9.97 Å². The first-order chi connectivity index (χ1) is 8.33. The molecule has 0 saturated carbocycles. The fourth-order valence-corrected chi connectivity index (χ4v) is 2.11. The Bertz CT molecular complexity index is 404. The molecule has 1 aromatic rings. The van der Waals surface area contributed by atoms with Crippen molar-refractivity contribution in [3.05, 3.63) is 18.1 Å². The molecule has 0 bridgehead atoms. The van der Waals surface area contributed by atoms with Gasteiger partial charge in [0.05, 0.1) is 0 Å². The van der Waals surface area contributed by atoms with Gasteiger partial charge in [0.15, 0.2) is 11.5 Å². The fraction of sp³-hybridized carbons (Fsp3) is 0.583. The minimum atomic E-state index is 0.380. The quantitative estimate of drug-likeness (QED) is 0.848. The van der Waals surface area contributed by atoms with Crippen LogP contribution in [0.1, 0.15) is 25.5 Å². The summed E-state index contributed by atoms with van der Waals surface area (Å²) < 4.78 is 0. The number of anilines is 1. The van der Waals surface area contributed by atoms with Crippen LogP contribution in [0.25, 0.3) is 0 Å². The largest absolute Gasteiger partial charge is 0.365 e. The van der Waals surface area contributed by atoms with E-state index >= 15 is 0 Å². The van der Waals surface area contributed by atoms with Crippen LogP contribution >= 0.6 is 0 Å². The number of rotatable bonds is 3. The topological polar surface area (TPSA) is 64.8 Å². The molecule has 0 aliphatic carbocycles. The molecule has 0 atom stereocenters. The molecule has 1 aliphatic rings. The normalized spacial score (nSPS) is 17.6. The summed E-state index contributed by atoms with van der Waals surface area (Å²) in [5.41, 5.74) is 0.380. The molecular formula is C12H17N5. The molecular weight excluding hydrogens is 214 g/mol. The zero-order chi connectivity index (χ0) is 12.1. The molecule has 0 aromatic carbocycles. The van der Waals surface area contributed by atoms with E-state index in [1.807, 2.05) is 0 Å². The molecule has 5 nitrogen and oxygen atoms in total. The predicted octanol–water partition coefficient (Wildman–Crippen LogP) is 1.24. The molecule has 1 aliphatic heterocycles. The van der Waals surface area contributed by atoms with Crippen molar-refractivity contribution in [2.24, 2.45) is 0 Å². The molecule has 5 heteroatoms. The van der Waals surface area contributed by atoms with Gasteiger partial charge in [-0.2, -0.15) is 5.26 Å². The summed E-state index contributed by atoms with van der Waals surface area (Å²) in [6, 6.07) is 2.46. The average molecular weight is 231 g/mol. The highest BCUT2D eigenvalue weighted by molar-refractivity contribution is 5.47. The maximum Gasteiger partial charge on any atom is 0.182 e. The van der Waals surface area contributed by atoms with Crippen LogP contribution in [0.15, 0.2) is 12.4 Å². The van der Waals surface area contributed by atoms with Gasteiger partial charge in [0.2, 0.25) is 0 Å². The molecule has 0 unspecified atom stereocenters.